The topological polar surface area (TPSA) is 43.4 Å². The second kappa shape index (κ2) is 13.9. The van der Waals surface area contributed by atoms with Crippen LogP contribution in [0.4, 0.5) is 0 Å². The molecule has 0 aliphatic rings. The first kappa shape index (κ1) is 19.9. The molecule has 0 aromatic heterocycles. The molecule has 0 aromatic rings. The highest BCUT2D eigenvalue weighted by Crippen LogP contribution is 2.10. The Hall–Kier alpha value is -0.0900. The zero-order valence-electron chi connectivity index (χ0n) is 13.5. The first-order valence-electron chi connectivity index (χ1n) is 8.49. The van der Waals surface area contributed by atoms with E-state index in [1.807, 2.05) is 0 Å². The van der Waals surface area contributed by atoms with Crippen LogP contribution in [0.15, 0.2) is 0 Å². The molecule has 122 valence electrons. The summed E-state index contributed by atoms with van der Waals surface area (Å²) >= 11 is 0. The van der Waals surface area contributed by atoms with Gasteiger partial charge in [0.25, 0.3) is 10.1 Å². The third-order valence-corrected chi connectivity index (χ3v) is 4.82. The summed E-state index contributed by atoms with van der Waals surface area (Å²) in [5.41, 5.74) is 0. The van der Waals surface area contributed by atoms with E-state index < -0.39 is 10.1 Å². The lowest BCUT2D eigenvalue weighted by Gasteiger charge is -2.05. The Bertz CT molecular complexity index is 286. The molecular formula is C16H34O3S. The van der Waals surface area contributed by atoms with Crippen LogP contribution in [0.25, 0.3) is 0 Å². The molecule has 3 nitrogen and oxygen atoms in total. The summed E-state index contributed by atoms with van der Waals surface area (Å²) in [6.45, 7) is 4.66. The Morgan fingerprint density at radius 1 is 0.650 bits per heavy atom. The normalized spacial score (nSPS) is 11.9. The molecule has 20 heavy (non-hydrogen) atoms. The predicted molar refractivity (Wildman–Crippen MR) is 86.5 cm³/mol. The molecule has 0 aromatic carbocycles. The molecule has 0 N–H and O–H groups in total. The standard InChI is InChI=1S/C16H34O3S/c1-3-5-7-8-9-10-11-12-13-15-19-20(17,18)16-14-6-4-2/h3-16H2,1-2H3. The van der Waals surface area contributed by atoms with Gasteiger partial charge in [-0.05, 0) is 12.8 Å². The van der Waals surface area contributed by atoms with Gasteiger partial charge >= 0.3 is 0 Å². The van der Waals surface area contributed by atoms with Gasteiger partial charge in [-0.25, -0.2) is 0 Å². The number of hydrogen-bond donors (Lipinski definition) is 0. The second-order valence-corrected chi connectivity index (χ2v) is 7.38. The van der Waals surface area contributed by atoms with E-state index in [1.165, 1.54) is 44.9 Å². The van der Waals surface area contributed by atoms with Gasteiger partial charge in [0.2, 0.25) is 0 Å². The fraction of sp³-hybridized carbons (Fsp3) is 1.00. The molecule has 0 saturated heterocycles. The van der Waals surface area contributed by atoms with Crippen LogP contribution < -0.4 is 0 Å². The van der Waals surface area contributed by atoms with E-state index in [0.717, 1.165) is 32.1 Å². The highest BCUT2D eigenvalue weighted by atomic mass is 32.2. The van der Waals surface area contributed by atoms with Crippen molar-refractivity contribution in [3.05, 3.63) is 0 Å². The second-order valence-electron chi connectivity index (χ2n) is 5.62. The van der Waals surface area contributed by atoms with E-state index in [0.29, 0.717) is 6.61 Å². The lowest BCUT2D eigenvalue weighted by Crippen LogP contribution is -2.11. The van der Waals surface area contributed by atoms with Crippen LogP contribution in [-0.4, -0.2) is 20.8 Å². The Morgan fingerprint density at radius 3 is 1.65 bits per heavy atom. The zero-order valence-corrected chi connectivity index (χ0v) is 14.3. The Labute approximate surface area is 126 Å². The first-order valence-corrected chi connectivity index (χ1v) is 10.1. The average Bonchev–Trinajstić information content (AvgIpc) is 2.41. The smallest absolute Gasteiger partial charge is 0.267 e. The van der Waals surface area contributed by atoms with Gasteiger partial charge in [-0.15, -0.1) is 0 Å². The Morgan fingerprint density at radius 2 is 1.10 bits per heavy atom. The average molecular weight is 307 g/mol. The van der Waals surface area contributed by atoms with Gasteiger partial charge in [-0.1, -0.05) is 78.1 Å². The zero-order chi connectivity index (χ0) is 15.1. The summed E-state index contributed by atoms with van der Waals surface area (Å²) in [6, 6.07) is 0. The summed E-state index contributed by atoms with van der Waals surface area (Å²) in [7, 11) is -3.26. The molecular weight excluding hydrogens is 272 g/mol. The largest absolute Gasteiger partial charge is 0.270 e. The quantitative estimate of drug-likeness (QED) is 0.314. The van der Waals surface area contributed by atoms with Crippen molar-refractivity contribution in [1.82, 2.24) is 0 Å². The minimum atomic E-state index is -3.26. The van der Waals surface area contributed by atoms with Gasteiger partial charge < -0.3 is 0 Å². The number of rotatable bonds is 15. The number of unbranched alkanes of at least 4 members (excludes halogenated alkanes) is 10. The molecule has 0 heterocycles. The van der Waals surface area contributed by atoms with E-state index in [-0.39, 0.29) is 5.75 Å². The molecule has 0 radical (unpaired) electrons. The molecule has 0 fully saturated rings. The Kier molecular flexibility index (Phi) is 13.8. The maximum Gasteiger partial charge on any atom is 0.267 e. The van der Waals surface area contributed by atoms with Crippen molar-refractivity contribution in [3.63, 3.8) is 0 Å². The van der Waals surface area contributed by atoms with Crippen LogP contribution in [0.2, 0.25) is 0 Å². The third kappa shape index (κ3) is 14.3. The molecule has 0 aliphatic carbocycles. The fourth-order valence-corrected chi connectivity index (χ4v) is 3.23. The predicted octanol–water partition coefficient (Wildman–Crippen LogP) is 5.05. The van der Waals surface area contributed by atoms with Crippen LogP contribution >= 0.6 is 0 Å². The lowest BCUT2D eigenvalue weighted by atomic mass is 10.1. The van der Waals surface area contributed by atoms with Crippen molar-refractivity contribution < 1.29 is 12.6 Å². The fourth-order valence-electron chi connectivity index (χ4n) is 2.19. The molecule has 0 unspecified atom stereocenters. The van der Waals surface area contributed by atoms with E-state index in [2.05, 4.69) is 13.8 Å². The summed E-state index contributed by atoms with van der Waals surface area (Å²) in [4.78, 5) is 0. The first-order chi connectivity index (χ1) is 9.62. The summed E-state index contributed by atoms with van der Waals surface area (Å²) in [5, 5.41) is 0. The highest BCUT2D eigenvalue weighted by molar-refractivity contribution is 7.86. The van der Waals surface area contributed by atoms with Crippen LogP contribution in [0.3, 0.4) is 0 Å². The van der Waals surface area contributed by atoms with E-state index in [1.54, 1.807) is 0 Å². The third-order valence-electron chi connectivity index (χ3n) is 3.51. The molecule has 0 rings (SSSR count). The molecule has 0 amide bonds. The SMILES string of the molecule is CCCCCCCCCCCOS(=O)(=O)CCCCC. The van der Waals surface area contributed by atoms with Crippen LogP contribution in [0.5, 0.6) is 0 Å². The van der Waals surface area contributed by atoms with Crippen LogP contribution in [0.1, 0.15) is 90.9 Å². The summed E-state index contributed by atoms with van der Waals surface area (Å²) in [6.07, 6.45) is 13.8. The van der Waals surface area contributed by atoms with Gasteiger partial charge in [-0.3, -0.25) is 4.18 Å². The molecule has 0 bridgehead atoms. The monoisotopic (exact) mass is 306 g/mol. The number of hydrogen-bond acceptors (Lipinski definition) is 3. The van der Waals surface area contributed by atoms with Crippen molar-refractivity contribution in [3.8, 4) is 0 Å². The maximum atomic E-state index is 11.5. The van der Waals surface area contributed by atoms with Crippen molar-refractivity contribution in [2.75, 3.05) is 12.4 Å². The molecule has 0 atom stereocenters. The van der Waals surface area contributed by atoms with Gasteiger partial charge in [0, 0.05) is 0 Å². The van der Waals surface area contributed by atoms with Crippen LogP contribution in [-0.2, 0) is 14.3 Å². The highest BCUT2D eigenvalue weighted by Gasteiger charge is 2.09. The molecule has 0 saturated carbocycles. The Balaban J connectivity index is 3.30. The van der Waals surface area contributed by atoms with Crippen molar-refractivity contribution in [2.24, 2.45) is 0 Å². The lowest BCUT2D eigenvalue weighted by molar-refractivity contribution is 0.305. The summed E-state index contributed by atoms with van der Waals surface area (Å²) in [5.74, 6) is 0.179. The van der Waals surface area contributed by atoms with Crippen molar-refractivity contribution >= 4 is 10.1 Å². The van der Waals surface area contributed by atoms with Gasteiger partial charge in [-0.2, -0.15) is 8.42 Å². The van der Waals surface area contributed by atoms with Crippen molar-refractivity contribution in [2.45, 2.75) is 90.9 Å². The van der Waals surface area contributed by atoms with Gasteiger partial charge in [0.15, 0.2) is 0 Å². The molecule has 0 aliphatic heterocycles. The minimum absolute atomic E-state index is 0.179. The van der Waals surface area contributed by atoms with E-state index >= 15 is 0 Å². The van der Waals surface area contributed by atoms with E-state index in [4.69, 9.17) is 4.18 Å². The summed E-state index contributed by atoms with van der Waals surface area (Å²) < 4.78 is 28.0. The molecule has 4 heteroatoms. The minimum Gasteiger partial charge on any atom is -0.270 e. The van der Waals surface area contributed by atoms with Gasteiger partial charge in [0.05, 0.1) is 12.4 Å². The van der Waals surface area contributed by atoms with Crippen LogP contribution in [0, 0.1) is 0 Å². The molecule has 0 spiro atoms. The van der Waals surface area contributed by atoms with Gasteiger partial charge in [0.1, 0.15) is 0 Å². The van der Waals surface area contributed by atoms with E-state index in [9.17, 15) is 8.42 Å². The van der Waals surface area contributed by atoms with Crippen molar-refractivity contribution in [1.29, 1.82) is 0 Å². The maximum absolute atomic E-state index is 11.5.